The zero-order valence-electron chi connectivity index (χ0n) is 13.3. The predicted octanol–water partition coefficient (Wildman–Crippen LogP) is 0.894. The van der Waals surface area contributed by atoms with Gasteiger partial charge >= 0.3 is 0 Å². The summed E-state index contributed by atoms with van der Waals surface area (Å²) in [6.07, 6.45) is 0. The minimum Gasteiger partial charge on any atom is -0.497 e. The van der Waals surface area contributed by atoms with E-state index in [9.17, 15) is 13.2 Å². The molecule has 0 radical (unpaired) electrons. The molecule has 1 amide bonds. The van der Waals surface area contributed by atoms with Gasteiger partial charge in [-0.15, -0.1) is 0 Å². The Hall–Kier alpha value is -2.39. The van der Waals surface area contributed by atoms with Gasteiger partial charge in [0, 0.05) is 12.7 Å². The molecule has 8 nitrogen and oxygen atoms in total. The molecule has 1 aromatic carbocycles. The Labute approximate surface area is 139 Å². The number of carbonyl (C=O) groups is 1. The van der Waals surface area contributed by atoms with Gasteiger partial charge in [0.05, 0.1) is 30.0 Å². The fourth-order valence-electron chi connectivity index (χ4n) is 2.58. The molecule has 1 aliphatic rings. The van der Waals surface area contributed by atoms with E-state index in [1.165, 1.54) is 11.8 Å². The van der Waals surface area contributed by atoms with Gasteiger partial charge < -0.3 is 14.8 Å². The monoisotopic (exact) mass is 351 g/mol. The molecular formula is C15H17N3O5S. The number of aromatic nitrogens is 2. The number of benzene rings is 1. The number of hydrogen-bond acceptors (Lipinski definition) is 6. The van der Waals surface area contributed by atoms with Gasteiger partial charge in [-0.05, 0) is 24.3 Å². The van der Waals surface area contributed by atoms with Gasteiger partial charge in [-0.2, -0.15) is 5.10 Å². The van der Waals surface area contributed by atoms with E-state index in [0.29, 0.717) is 28.5 Å². The normalized spacial score (nSPS) is 15.1. The summed E-state index contributed by atoms with van der Waals surface area (Å²) < 4.78 is 35.2. The summed E-state index contributed by atoms with van der Waals surface area (Å²) in [6, 6.07) is 7.09. The van der Waals surface area contributed by atoms with E-state index in [4.69, 9.17) is 9.47 Å². The number of methoxy groups -OCH3 is 2. The third-order valence-corrected chi connectivity index (χ3v) is 5.08. The largest absolute Gasteiger partial charge is 0.497 e. The molecule has 0 saturated heterocycles. The molecule has 0 saturated carbocycles. The van der Waals surface area contributed by atoms with Crippen molar-refractivity contribution in [2.75, 3.05) is 26.1 Å². The van der Waals surface area contributed by atoms with E-state index in [1.807, 2.05) is 0 Å². The van der Waals surface area contributed by atoms with E-state index < -0.39 is 9.84 Å². The van der Waals surface area contributed by atoms with Crippen molar-refractivity contribution in [1.29, 1.82) is 0 Å². The lowest BCUT2D eigenvalue weighted by molar-refractivity contribution is -0.119. The maximum Gasteiger partial charge on any atom is 0.251 e. The molecule has 0 spiro atoms. The van der Waals surface area contributed by atoms with Crippen LogP contribution in [-0.2, 0) is 30.9 Å². The number of ether oxygens (including phenoxy) is 2. The first-order valence-corrected chi connectivity index (χ1v) is 9.00. The van der Waals surface area contributed by atoms with Gasteiger partial charge in [0.15, 0.2) is 9.84 Å². The first kappa shape index (κ1) is 16.5. The average molecular weight is 351 g/mol. The quantitative estimate of drug-likeness (QED) is 0.859. The van der Waals surface area contributed by atoms with Crippen LogP contribution >= 0.6 is 0 Å². The Bertz CT molecular complexity index is 871. The molecule has 0 bridgehead atoms. The predicted molar refractivity (Wildman–Crippen MR) is 86.9 cm³/mol. The van der Waals surface area contributed by atoms with Crippen molar-refractivity contribution in [3.63, 3.8) is 0 Å². The van der Waals surface area contributed by atoms with Gasteiger partial charge in [-0.25, -0.2) is 13.1 Å². The molecular weight excluding hydrogens is 334 g/mol. The summed E-state index contributed by atoms with van der Waals surface area (Å²) in [5.74, 6) is 0.406. The molecule has 0 atom stereocenters. The Morgan fingerprint density at radius 2 is 1.96 bits per heavy atom. The zero-order chi connectivity index (χ0) is 17.3. The number of hydrogen-bond donors (Lipinski definition) is 1. The standard InChI is InChI=1S/C15H17N3O5S/c1-22-7-14(19)16-15-12-8-24(20,21)9-13(12)17-18(15)10-3-5-11(23-2)6-4-10/h3-6H,7-9H2,1-2H3,(H,16,19). The molecule has 1 aromatic heterocycles. The van der Waals surface area contributed by atoms with Crippen LogP contribution in [-0.4, -0.2) is 44.9 Å². The van der Waals surface area contributed by atoms with Crippen molar-refractivity contribution >= 4 is 21.6 Å². The van der Waals surface area contributed by atoms with Gasteiger partial charge in [0.25, 0.3) is 5.91 Å². The zero-order valence-corrected chi connectivity index (χ0v) is 14.1. The number of anilines is 1. The van der Waals surface area contributed by atoms with E-state index in [2.05, 4.69) is 10.4 Å². The van der Waals surface area contributed by atoms with E-state index in [1.54, 1.807) is 31.4 Å². The summed E-state index contributed by atoms with van der Waals surface area (Å²) in [5.41, 5.74) is 1.67. The van der Waals surface area contributed by atoms with Crippen LogP contribution in [0.5, 0.6) is 5.75 Å². The molecule has 2 aromatic rings. The second-order valence-electron chi connectivity index (χ2n) is 5.40. The molecule has 1 aliphatic heterocycles. The molecule has 0 unspecified atom stereocenters. The van der Waals surface area contributed by atoms with Crippen molar-refractivity contribution in [1.82, 2.24) is 9.78 Å². The smallest absolute Gasteiger partial charge is 0.251 e. The summed E-state index contributed by atoms with van der Waals surface area (Å²) in [4.78, 5) is 11.9. The Morgan fingerprint density at radius 3 is 2.58 bits per heavy atom. The molecule has 3 rings (SSSR count). The van der Waals surface area contributed by atoms with Crippen LogP contribution < -0.4 is 10.1 Å². The molecule has 24 heavy (non-hydrogen) atoms. The number of amides is 1. The fraction of sp³-hybridized carbons (Fsp3) is 0.333. The maximum atomic E-state index is 11.9. The summed E-state index contributed by atoms with van der Waals surface area (Å²) in [7, 11) is -0.241. The Morgan fingerprint density at radius 1 is 1.25 bits per heavy atom. The number of fused-ring (bicyclic) bond motifs is 1. The topological polar surface area (TPSA) is 99.5 Å². The highest BCUT2D eigenvalue weighted by molar-refractivity contribution is 7.90. The number of nitrogens with zero attached hydrogens (tertiary/aromatic N) is 2. The highest BCUT2D eigenvalue weighted by Gasteiger charge is 2.33. The van der Waals surface area contributed by atoms with Crippen molar-refractivity contribution < 1.29 is 22.7 Å². The molecule has 0 fully saturated rings. The van der Waals surface area contributed by atoms with Crippen molar-refractivity contribution in [3.05, 3.63) is 35.5 Å². The third kappa shape index (κ3) is 3.13. The fourth-order valence-corrected chi connectivity index (χ4v) is 4.07. The van der Waals surface area contributed by atoms with Crippen LogP contribution in [0.2, 0.25) is 0 Å². The number of carbonyl (C=O) groups excluding carboxylic acids is 1. The minimum absolute atomic E-state index is 0.126. The summed E-state index contributed by atoms with van der Waals surface area (Å²) in [6.45, 7) is -0.130. The number of nitrogens with one attached hydrogen (secondary N) is 1. The second kappa shape index (κ2) is 6.25. The third-order valence-electron chi connectivity index (χ3n) is 3.64. The lowest BCUT2D eigenvalue weighted by Crippen LogP contribution is -2.20. The van der Waals surface area contributed by atoms with Crippen LogP contribution in [0.25, 0.3) is 5.69 Å². The van der Waals surface area contributed by atoms with E-state index in [0.717, 1.165) is 0 Å². The van der Waals surface area contributed by atoms with Gasteiger partial charge in [-0.1, -0.05) is 0 Å². The number of rotatable bonds is 5. The van der Waals surface area contributed by atoms with Crippen LogP contribution in [0.15, 0.2) is 24.3 Å². The van der Waals surface area contributed by atoms with Gasteiger partial charge in [0.1, 0.15) is 18.2 Å². The molecule has 9 heteroatoms. The maximum absolute atomic E-state index is 11.9. The average Bonchev–Trinajstić information content (AvgIpc) is 3.01. The highest BCUT2D eigenvalue weighted by Crippen LogP contribution is 2.33. The lowest BCUT2D eigenvalue weighted by Gasteiger charge is -2.11. The van der Waals surface area contributed by atoms with Gasteiger partial charge in [0.2, 0.25) is 0 Å². The molecule has 2 heterocycles. The molecule has 1 N–H and O–H groups in total. The molecule has 0 aliphatic carbocycles. The van der Waals surface area contributed by atoms with Crippen molar-refractivity contribution in [3.8, 4) is 11.4 Å². The van der Waals surface area contributed by atoms with Crippen LogP contribution in [0, 0.1) is 0 Å². The minimum atomic E-state index is -3.22. The van der Waals surface area contributed by atoms with Crippen LogP contribution in [0.4, 0.5) is 5.82 Å². The van der Waals surface area contributed by atoms with Crippen LogP contribution in [0.3, 0.4) is 0 Å². The van der Waals surface area contributed by atoms with Gasteiger partial charge in [-0.3, -0.25) is 4.79 Å². The van der Waals surface area contributed by atoms with E-state index >= 15 is 0 Å². The lowest BCUT2D eigenvalue weighted by atomic mass is 10.2. The second-order valence-corrected chi connectivity index (χ2v) is 7.46. The Kier molecular flexibility index (Phi) is 4.29. The Balaban J connectivity index is 2.04. The number of sulfone groups is 1. The van der Waals surface area contributed by atoms with E-state index in [-0.39, 0.29) is 24.0 Å². The molecule has 128 valence electrons. The van der Waals surface area contributed by atoms with Crippen molar-refractivity contribution in [2.45, 2.75) is 11.5 Å². The van der Waals surface area contributed by atoms with Crippen molar-refractivity contribution in [2.24, 2.45) is 0 Å². The first-order chi connectivity index (χ1) is 11.4. The SMILES string of the molecule is COCC(=O)Nc1c2c(nn1-c1ccc(OC)cc1)CS(=O)(=O)C2. The summed E-state index contributed by atoms with van der Waals surface area (Å²) in [5, 5.41) is 7.06. The van der Waals surface area contributed by atoms with Crippen LogP contribution in [0.1, 0.15) is 11.3 Å². The highest BCUT2D eigenvalue weighted by atomic mass is 32.2. The summed E-state index contributed by atoms with van der Waals surface area (Å²) >= 11 is 0. The first-order valence-electron chi connectivity index (χ1n) is 7.18.